The first-order valence-electron chi connectivity index (χ1n) is 12.3. The molecule has 2 heterocycles. The van der Waals surface area contributed by atoms with Gasteiger partial charge in [0.2, 0.25) is 0 Å². The van der Waals surface area contributed by atoms with E-state index in [2.05, 4.69) is 50.5 Å². The summed E-state index contributed by atoms with van der Waals surface area (Å²) in [6, 6.07) is 21.6. The van der Waals surface area contributed by atoms with E-state index in [4.69, 9.17) is 19.7 Å². The third-order valence-corrected chi connectivity index (χ3v) is 8.89. The van der Waals surface area contributed by atoms with Crippen molar-refractivity contribution in [3.8, 4) is 17.6 Å². The number of halogens is 2. The van der Waals surface area contributed by atoms with Crippen LogP contribution in [-0.4, -0.2) is 24.2 Å². The number of rotatable bonds is 7. The molecule has 41 heavy (non-hydrogen) atoms. The molecule has 11 heteroatoms. The van der Waals surface area contributed by atoms with Crippen molar-refractivity contribution in [2.75, 3.05) is 19.0 Å². The first-order chi connectivity index (χ1) is 19.8. The summed E-state index contributed by atoms with van der Waals surface area (Å²) < 4.78 is 14.7. The second-order valence-electron chi connectivity index (χ2n) is 8.94. The highest BCUT2D eigenvalue weighted by atomic mass is 127. The molecule has 0 saturated carbocycles. The van der Waals surface area contributed by atoms with E-state index in [0.717, 1.165) is 18.3 Å². The Morgan fingerprint density at radius 2 is 1.88 bits per heavy atom. The van der Waals surface area contributed by atoms with Crippen LogP contribution in [0.25, 0.3) is 6.08 Å². The maximum atomic E-state index is 14.0. The fourth-order valence-electron chi connectivity index (χ4n) is 4.52. The maximum absolute atomic E-state index is 14.0. The summed E-state index contributed by atoms with van der Waals surface area (Å²) in [6.45, 7) is 1.74. The highest BCUT2D eigenvalue weighted by Gasteiger charge is 2.32. The normalized spacial score (nSPS) is 14.6. The summed E-state index contributed by atoms with van der Waals surface area (Å²) in [7, 11) is 1.58. The molecule has 0 fully saturated rings. The van der Waals surface area contributed by atoms with Gasteiger partial charge in [0.1, 0.15) is 17.6 Å². The molecule has 1 N–H and O–H groups in total. The predicted octanol–water partition coefficient (Wildman–Crippen LogP) is 4.99. The minimum atomic E-state index is -0.714. The van der Waals surface area contributed by atoms with Gasteiger partial charge in [0.25, 0.3) is 11.5 Å². The number of fused-ring (bicyclic) bond motifs is 1. The highest BCUT2D eigenvalue weighted by Crippen LogP contribution is 2.33. The van der Waals surface area contributed by atoms with Gasteiger partial charge in [-0.3, -0.25) is 14.2 Å². The van der Waals surface area contributed by atoms with Crippen LogP contribution in [0.15, 0.2) is 87.8 Å². The Bertz CT molecular complexity index is 1890. The number of methoxy groups -OCH3 is 1. The number of benzene rings is 3. The fraction of sp³-hybridized carbons (Fsp3) is 0.133. The Kier molecular flexibility index (Phi) is 8.91. The predicted molar refractivity (Wildman–Crippen MR) is 175 cm³/mol. The number of nitriles is 1. The SMILES string of the molecule is COc1cccc([C@@H]2C(C(=O)Nc3ccccc3)=C(C)N=c3s/c(=C\c4cc(I)c(OCC#N)c(I)c4)c(=O)n32)c1. The van der Waals surface area contributed by atoms with Crippen molar-refractivity contribution in [2.45, 2.75) is 13.0 Å². The molecule has 3 aromatic carbocycles. The standard InChI is InChI=1S/C30H22I2N4O4S/c1-17-25(28(37)35-20-8-4-3-5-9-20)26(19-7-6-10-21(16-19)39-2)36-29(38)24(41-30(36)34-17)15-18-13-22(31)27(23(32)14-18)40-12-11-33/h3-10,13-16,26H,12H2,1-2H3,(H,35,37)/b24-15-/t26-/m1/s1. The number of allylic oxidation sites excluding steroid dienone is 1. The summed E-state index contributed by atoms with van der Waals surface area (Å²) in [6.07, 6.45) is 1.81. The summed E-state index contributed by atoms with van der Waals surface area (Å²) in [5, 5.41) is 11.8. The number of hydrogen-bond donors (Lipinski definition) is 1. The minimum Gasteiger partial charge on any atom is -0.497 e. The molecular formula is C30H22I2N4O4S. The van der Waals surface area contributed by atoms with E-state index in [-0.39, 0.29) is 18.1 Å². The molecule has 5 rings (SSSR count). The van der Waals surface area contributed by atoms with E-state index in [1.165, 1.54) is 11.3 Å². The second-order valence-corrected chi connectivity index (χ2v) is 12.3. The van der Waals surface area contributed by atoms with E-state index in [0.29, 0.717) is 37.8 Å². The first-order valence-corrected chi connectivity index (χ1v) is 15.3. The van der Waals surface area contributed by atoms with Crippen LogP contribution in [0, 0.1) is 18.5 Å². The van der Waals surface area contributed by atoms with Crippen molar-refractivity contribution >= 4 is 74.2 Å². The van der Waals surface area contributed by atoms with Gasteiger partial charge in [-0.25, -0.2) is 4.99 Å². The van der Waals surface area contributed by atoms with Gasteiger partial charge in [0, 0.05) is 5.69 Å². The average Bonchev–Trinajstić information content (AvgIpc) is 3.26. The van der Waals surface area contributed by atoms with Crippen LogP contribution in [0.3, 0.4) is 0 Å². The van der Waals surface area contributed by atoms with Crippen molar-refractivity contribution in [2.24, 2.45) is 4.99 Å². The smallest absolute Gasteiger partial charge is 0.271 e. The topological polar surface area (TPSA) is 106 Å². The Morgan fingerprint density at radius 1 is 1.15 bits per heavy atom. The largest absolute Gasteiger partial charge is 0.497 e. The molecule has 0 saturated heterocycles. The molecule has 0 radical (unpaired) electrons. The molecular weight excluding hydrogens is 766 g/mol. The lowest BCUT2D eigenvalue weighted by molar-refractivity contribution is -0.113. The van der Waals surface area contributed by atoms with E-state index in [1.807, 2.05) is 78.9 Å². The first kappa shape index (κ1) is 29.0. The number of hydrogen-bond acceptors (Lipinski definition) is 7. The zero-order valence-corrected chi connectivity index (χ0v) is 27.0. The molecule has 1 aliphatic heterocycles. The van der Waals surface area contributed by atoms with Gasteiger partial charge in [-0.15, -0.1) is 0 Å². The van der Waals surface area contributed by atoms with Gasteiger partial charge in [0.05, 0.1) is 36.1 Å². The highest BCUT2D eigenvalue weighted by molar-refractivity contribution is 14.1. The van der Waals surface area contributed by atoms with Gasteiger partial charge in [-0.2, -0.15) is 5.26 Å². The van der Waals surface area contributed by atoms with Crippen molar-refractivity contribution in [3.05, 3.63) is 116 Å². The molecule has 1 amide bonds. The van der Waals surface area contributed by atoms with Crippen LogP contribution < -0.4 is 29.7 Å². The Balaban J connectivity index is 1.65. The second kappa shape index (κ2) is 12.6. The van der Waals surface area contributed by atoms with Gasteiger partial charge >= 0.3 is 0 Å². The summed E-state index contributed by atoms with van der Waals surface area (Å²) in [4.78, 5) is 32.9. The molecule has 206 valence electrons. The fourth-order valence-corrected chi connectivity index (χ4v) is 7.69. The quantitative estimate of drug-likeness (QED) is 0.266. The Morgan fingerprint density at radius 3 is 2.56 bits per heavy atom. The zero-order chi connectivity index (χ0) is 29.1. The molecule has 0 aliphatic carbocycles. The molecule has 1 aliphatic rings. The van der Waals surface area contributed by atoms with E-state index in [1.54, 1.807) is 18.6 Å². The van der Waals surface area contributed by atoms with E-state index in [9.17, 15) is 9.59 Å². The van der Waals surface area contributed by atoms with Gasteiger partial charge in [0.15, 0.2) is 11.4 Å². The minimum absolute atomic E-state index is 0.0479. The number of anilines is 1. The number of carbonyl (C=O) groups excluding carboxylic acids is 1. The lowest BCUT2D eigenvalue weighted by Gasteiger charge is -2.25. The van der Waals surface area contributed by atoms with Crippen LogP contribution in [0.1, 0.15) is 24.1 Å². The number of thiazole rings is 1. The number of nitrogens with zero attached hydrogens (tertiary/aromatic N) is 3. The van der Waals surface area contributed by atoms with Crippen molar-refractivity contribution in [3.63, 3.8) is 0 Å². The van der Waals surface area contributed by atoms with Gasteiger partial charge < -0.3 is 14.8 Å². The number of ether oxygens (including phenoxy) is 2. The van der Waals surface area contributed by atoms with Crippen molar-refractivity contribution in [1.29, 1.82) is 5.26 Å². The summed E-state index contributed by atoms with van der Waals surface area (Å²) in [5.74, 6) is 0.913. The molecule has 4 aromatic rings. The van der Waals surface area contributed by atoms with E-state index < -0.39 is 6.04 Å². The van der Waals surface area contributed by atoms with Crippen molar-refractivity contribution < 1.29 is 14.3 Å². The number of carbonyl (C=O) groups is 1. The Labute approximate surface area is 266 Å². The number of aromatic nitrogens is 1. The van der Waals surface area contributed by atoms with Gasteiger partial charge in [-0.05, 0) is 106 Å². The number of amides is 1. The molecule has 8 nitrogen and oxygen atoms in total. The van der Waals surface area contributed by atoms with E-state index >= 15 is 0 Å². The lowest BCUT2D eigenvalue weighted by Crippen LogP contribution is -2.40. The van der Waals surface area contributed by atoms with Crippen LogP contribution in [0.5, 0.6) is 11.5 Å². The zero-order valence-electron chi connectivity index (χ0n) is 21.9. The van der Waals surface area contributed by atoms with Crippen LogP contribution in [-0.2, 0) is 4.79 Å². The van der Waals surface area contributed by atoms with Gasteiger partial charge in [-0.1, -0.05) is 41.7 Å². The average molecular weight is 788 g/mol. The van der Waals surface area contributed by atoms with Crippen LogP contribution in [0.4, 0.5) is 5.69 Å². The summed E-state index contributed by atoms with van der Waals surface area (Å²) in [5.41, 5.74) is 2.84. The summed E-state index contributed by atoms with van der Waals surface area (Å²) >= 11 is 5.58. The van der Waals surface area contributed by atoms with Crippen molar-refractivity contribution in [1.82, 2.24) is 4.57 Å². The van der Waals surface area contributed by atoms with Crippen LogP contribution in [0.2, 0.25) is 0 Å². The maximum Gasteiger partial charge on any atom is 0.271 e. The molecule has 1 atom stereocenters. The number of para-hydroxylation sites is 1. The monoisotopic (exact) mass is 788 g/mol. The molecule has 0 unspecified atom stereocenters. The van der Waals surface area contributed by atoms with Crippen LogP contribution >= 0.6 is 56.5 Å². The Hall–Kier alpha value is -3.48. The molecule has 0 bridgehead atoms. The third kappa shape index (κ3) is 6.09. The lowest BCUT2D eigenvalue weighted by atomic mass is 9.95. The number of nitrogens with one attached hydrogen (secondary N) is 1. The molecule has 0 spiro atoms. The molecule has 1 aromatic heterocycles. The third-order valence-electron chi connectivity index (χ3n) is 6.31.